The van der Waals surface area contributed by atoms with Crippen LogP contribution in [0.1, 0.15) is 51.2 Å². The first-order chi connectivity index (χ1) is 13.5. The first-order valence-electron chi connectivity index (χ1n) is 9.12. The summed E-state index contributed by atoms with van der Waals surface area (Å²) in [6.07, 6.45) is 3.97. The number of carbonyl (C=O) groups excluding carboxylic acids is 2. The maximum absolute atomic E-state index is 12.5. The molecule has 1 aromatic carbocycles. The van der Waals surface area contributed by atoms with Crippen LogP contribution in [0.2, 0.25) is 0 Å². The third-order valence-corrected chi connectivity index (χ3v) is 4.95. The molecule has 2 amide bonds. The van der Waals surface area contributed by atoms with Gasteiger partial charge >= 0.3 is 0 Å². The number of nitrogens with one attached hydrogen (secondary N) is 2. The van der Waals surface area contributed by atoms with E-state index in [0.717, 1.165) is 23.6 Å². The van der Waals surface area contributed by atoms with Crippen LogP contribution in [0.25, 0.3) is 0 Å². The van der Waals surface area contributed by atoms with Gasteiger partial charge in [-0.2, -0.15) is 0 Å². The zero-order valence-corrected chi connectivity index (χ0v) is 16.6. The van der Waals surface area contributed by atoms with Gasteiger partial charge in [-0.1, -0.05) is 24.3 Å². The second kappa shape index (κ2) is 9.27. The Balaban J connectivity index is 1.60. The van der Waals surface area contributed by atoms with Gasteiger partial charge in [0.15, 0.2) is 0 Å². The molecule has 1 atom stereocenters. The number of nitrogens with zero attached hydrogens (tertiary/aromatic N) is 2. The minimum atomic E-state index is -0.330. The molecule has 0 aliphatic heterocycles. The molecule has 7 nitrogen and oxygen atoms in total. The van der Waals surface area contributed by atoms with Crippen molar-refractivity contribution in [3.63, 3.8) is 0 Å². The second-order valence-electron chi connectivity index (χ2n) is 6.44. The van der Waals surface area contributed by atoms with Crippen molar-refractivity contribution in [1.29, 1.82) is 0 Å². The summed E-state index contributed by atoms with van der Waals surface area (Å²) in [5.41, 5.74) is 0.997. The van der Waals surface area contributed by atoms with Crippen LogP contribution < -0.4 is 10.6 Å². The molecule has 0 bridgehead atoms. The van der Waals surface area contributed by atoms with Crippen molar-refractivity contribution >= 4 is 28.8 Å². The van der Waals surface area contributed by atoms with Crippen molar-refractivity contribution in [2.24, 2.45) is 0 Å². The van der Waals surface area contributed by atoms with E-state index < -0.39 is 0 Å². The standard InChI is InChI=1S/C20H22N4O3S/c1-3-6-17-23-24-20(28-17)19(26)22-15-8-4-7-14(12-15)18(25)21-13(2)11-16-9-5-10-27-16/h4-5,7-10,12-13H,3,6,11H2,1-2H3,(H,21,25)(H,22,26)/t13-/m0/s1. The van der Waals surface area contributed by atoms with E-state index in [1.807, 2.05) is 26.0 Å². The van der Waals surface area contributed by atoms with Gasteiger partial charge in [-0.05, 0) is 43.7 Å². The quantitative estimate of drug-likeness (QED) is 0.603. The second-order valence-corrected chi connectivity index (χ2v) is 7.51. The highest BCUT2D eigenvalue weighted by atomic mass is 32.1. The normalized spacial score (nSPS) is 11.8. The Morgan fingerprint density at radius 2 is 2.04 bits per heavy atom. The van der Waals surface area contributed by atoms with Gasteiger partial charge in [0.1, 0.15) is 10.8 Å². The largest absolute Gasteiger partial charge is 0.469 e. The minimum Gasteiger partial charge on any atom is -0.469 e. The third kappa shape index (κ3) is 5.26. The summed E-state index contributed by atoms with van der Waals surface area (Å²) in [6, 6.07) is 10.4. The number of rotatable bonds is 8. The van der Waals surface area contributed by atoms with E-state index in [2.05, 4.69) is 20.8 Å². The number of aryl methyl sites for hydroxylation is 1. The number of hydrogen-bond acceptors (Lipinski definition) is 6. The van der Waals surface area contributed by atoms with Crippen molar-refractivity contribution in [1.82, 2.24) is 15.5 Å². The van der Waals surface area contributed by atoms with Crippen molar-refractivity contribution in [2.45, 2.75) is 39.2 Å². The van der Waals surface area contributed by atoms with E-state index in [9.17, 15) is 9.59 Å². The zero-order chi connectivity index (χ0) is 19.9. The van der Waals surface area contributed by atoms with Gasteiger partial charge in [0.05, 0.1) is 6.26 Å². The van der Waals surface area contributed by atoms with Gasteiger partial charge in [0, 0.05) is 30.1 Å². The van der Waals surface area contributed by atoms with Crippen LogP contribution in [0.15, 0.2) is 47.1 Å². The average molecular weight is 398 g/mol. The molecule has 0 spiro atoms. The molecule has 146 valence electrons. The maximum atomic E-state index is 12.5. The van der Waals surface area contributed by atoms with E-state index in [4.69, 9.17) is 4.42 Å². The Labute approximate surface area is 167 Å². The SMILES string of the molecule is CCCc1nnc(C(=O)Nc2cccc(C(=O)N[C@@H](C)Cc3ccco3)c2)s1. The zero-order valence-electron chi connectivity index (χ0n) is 15.8. The van der Waals surface area contributed by atoms with Crippen LogP contribution >= 0.6 is 11.3 Å². The highest BCUT2D eigenvalue weighted by Gasteiger charge is 2.15. The predicted octanol–water partition coefficient (Wildman–Crippen LogP) is 3.70. The number of amides is 2. The van der Waals surface area contributed by atoms with Crippen molar-refractivity contribution in [2.75, 3.05) is 5.32 Å². The molecule has 0 aliphatic carbocycles. The minimum absolute atomic E-state index is 0.0877. The first-order valence-corrected chi connectivity index (χ1v) is 9.94. The summed E-state index contributed by atoms with van der Waals surface area (Å²) in [6.45, 7) is 3.96. The monoisotopic (exact) mass is 398 g/mol. The Bertz CT molecular complexity index is 937. The lowest BCUT2D eigenvalue weighted by atomic mass is 10.1. The van der Waals surface area contributed by atoms with Gasteiger partial charge in [-0.25, -0.2) is 0 Å². The van der Waals surface area contributed by atoms with E-state index in [1.165, 1.54) is 11.3 Å². The Hall–Kier alpha value is -3.00. The Morgan fingerprint density at radius 3 is 2.79 bits per heavy atom. The molecule has 3 rings (SSSR count). The maximum Gasteiger partial charge on any atom is 0.286 e. The lowest BCUT2D eigenvalue weighted by molar-refractivity contribution is 0.0938. The van der Waals surface area contributed by atoms with Crippen LogP contribution in [-0.4, -0.2) is 28.1 Å². The summed E-state index contributed by atoms with van der Waals surface area (Å²) >= 11 is 1.28. The number of benzene rings is 1. The summed E-state index contributed by atoms with van der Waals surface area (Å²) in [4.78, 5) is 24.8. The highest BCUT2D eigenvalue weighted by Crippen LogP contribution is 2.16. The fourth-order valence-corrected chi connectivity index (χ4v) is 3.51. The van der Waals surface area contributed by atoms with Crippen LogP contribution in [-0.2, 0) is 12.8 Å². The third-order valence-electron chi connectivity index (χ3n) is 3.97. The Kier molecular flexibility index (Phi) is 6.54. The molecule has 28 heavy (non-hydrogen) atoms. The van der Waals surface area contributed by atoms with E-state index in [0.29, 0.717) is 22.7 Å². The van der Waals surface area contributed by atoms with Gasteiger partial charge < -0.3 is 15.1 Å². The molecule has 0 aliphatic rings. The number of carbonyl (C=O) groups is 2. The number of furan rings is 1. The summed E-state index contributed by atoms with van der Waals surface area (Å²) in [5.74, 6) is 0.271. The molecule has 3 aromatic rings. The molecule has 0 saturated carbocycles. The molecule has 0 radical (unpaired) electrons. The van der Waals surface area contributed by atoms with Crippen LogP contribution in [0, 0.1) is 0 Å². The van der Waals surface area contributed by atoms with Gasteiger partial charge in [0.25, 0.3) is 11.8 Å². The van der Waals surface area contributed by atoms with Gasteiger partial charge in [-0.3, -0.25) is 9.59 Å². The molecule has 2 heterocycles. The molecule has 0 fully saturated rings. The van der Waals surface area contributed by atoms with Crippen LogP contribution in [0.5, 0.6) is 0 Å². The molecule has 0 saturated heterocycles. The number of anilines is 1. The van der Waals surface area contributed by atoms with Crippen molar-refractivity contribution in [3.8, 4) is 0 Å². The smallest absolute Gasteiger partial charge is 0.286 e. The summed E-state index contributed by atoms with van der Waals surface area (Å²) in [7, 11) is 0. The highest BCUT2D eigenvalue weighted by molar-refractivity contribution is 7.13. The summed E-state index contributed by atoms with van der Waals surface area (Å²) in [5, 5.41) is 14.8. The Morgan fingerprint density at radius 1 is 1.18 bits per heavy atom. The average Bonchev–Trinajstić information content (AvgIpc) is 3.34. The van der Waals surface area contributed by atoms with Gasteiger partial charge in [-0.15, -0.1) is 10.2 Å². The van der Waals surface area contributed by atoms with Crippen LogP contribution in [0.4, 0.5) is 5.69 Å². The molecule has 8 heteroatoms. The molecule has 0 unspecified atom stereocenters. The molecular weight excluding hydrogens is 376 g/mol. The van der Waals surface area contributed by atoms with Crippen molar-refractivity contribution < 1.29 is 14.0 Å². The van der Waals surface area contributed by atoms with E-state index >= 15 is 0 Å². The first kappa shape index (κ1) is 19.8. The summed E-state index contributed by atoms with van der Waals surface area (Å²) < 4.78 is 5.30. The molecule has 2 aromatic heterocycles. The number of aromatic nitrogens is 2. The molecule has 2 N–H and O–H groups in total. The van der Waals surface area contributed by atoms with Crippen molar-refractivity contribution in [3.05, 3.63) is 64.0 Å². The fourth-order valence-electron chi connectivity index (χ4n) is 2.67. The van der Waals surface area contributed by atoms with Crippen LogP contribution in [0.3, 0.4) is 0 Å². The lowest BCUT2D eigenvalue weighted by Crippen LogP contribution is -2.34. The number of hydrogen-bond donors (Lipinski definition) is 2. The molecular formula is C20H22N4O3S. The predicted molar refractivity (Wildman–Crippen MR) is 108 cm³/mol. The topological polar surface area (TPSA) is 97.1 Å². The lowest BCUT2D eigenvalue weighted by Gasteiger charge is -2.13. The van der Waals surface area contributed by atoms with E-state index in [1.54, 1.807) is 30.5 Å². The van der Waals surface area contributed by atoms with E-state index in [-0.39, 0.29) is 17.9 Å². The van der Waals surface area contributed by atoms with Gasteiger partial charge in [0.2, 0.25) is 5.01 Å². The fraction of sp³-hybridized carbons (Fsp3) is 0.300.